The van der Waals surface area contributed by atoms with E-state index in [1.807, 2.05) is 54.6 Å². The number of rotatable bonds is 3. The van der Waals surface area contributed by atoms with E-state index in [2.05, 4.69) is 49.9 Å². The maximum absolute atomic E-state index is 13.4. The van der Waals surface area contributed by atoms with Crippen molar-refractivity contribution in [3.05, 3.63) is 71.3 Å². The van der Waals surface area contributed by atoms with Crippen molar-refractivity contribution >= 4 is 46.4 Å². The van der Waals surface area contributed by atoms with E-state index in [4.69, 9.17) is 4.74 Å². The molecule has 4 rings (SSSR count). The van der Waals surface area contributed by atoms with Crippen LogP contribution in [0.4, 0.5) is 0 Å². The van der Waals surface area contributed by atoms with Gasteiger partial charge >= 0.3 is 0 Å². The molecular formula is C30H37IN4O4. The summed E-state index contributed by atoms with van der Waals surface area (Å²) in [5, 5.41) is 12.1. The van der Waals surface area contributed by atoms with Crippen molar-refractivity contribution in [2.24, 2.45) is 0 Å². The Hall–Kier alpha value is -2.92. The van der Waals surface area contributed by atoms with Crippen LogP contribution in [-0.2, 0) is 25.2 Å². The van der Waals surface area contributed by atoms with Gasteiger partial charge in [-0.1, -0.05) is 90.0 Å². The van der Waals surface area contributed by atoms with Gasteiger partial charge < -0.3 is 20.7 Å². The molecule has 2 atom stereocenters. The minimum absolute atomic E-state index is 0.192. The Kier molecular flexibility index (Phi) is 10.4. The second-order valence-corrected chi connectivity index (χ2v) is 10.9. The van der Waals surface area contributed by atoms with Crippen molar-refractivity contribution < 1.29 is 19.1 Å². The normalized spacial score (nSPS) is 23.4. The molecule has 2 aliphatic rings. The molecule has 39 heavy (non-hydrogen) atoms. The van der Waals surface area contributed by atoms with Crippen LogP contribution in [0.25, 0.3) is 6.08 Å². The van der Waals surface area contributed by atoms with Gasteiger partial charge in [-0.3, -0.25) is 19.7 Å². The van der Waals surface area contributed by atoms with E-state index in [-0.39, 0.29) is 11.8 Å². The van der Waals surface area contributed by atoms with E-state index < -0.39 is 23.5 Å². The first kappa shape index (κ1) is 29.1. The average molecular weight is 645 g/mol. The number of hydrogen-bond acceptors (Lipinski definition) is 5. The number of benzene rings is 2. The van der Waals surface area contributed by atoms with Gasteiger partial charge in [-0.05, 0) is 37.0 Å². The van der Waals surface area contributed by atoms with E-state index in [1.165, 1.54) is 0 Å². The largest absolute Gasteiger partial charge is 0.492 e. The molecule has 3 amide bonds. The first-order chi connectivity index (χ1) is 18.9. The summed E-state index contributed by atoms with van der Waals surface area (Å²) in [7, 11) is 0. The molecule has 1 aliphatic carbocycles. The molecule has 208 valence electrons. The van der Waals surface area contributed by atoms with Crippen molar-refractivity contribution in [2.45, 2.75) is 61.1 Å². The van der Waals surface area contributed by atoms with E-state index in [1.54, 1.807) is 6.92 Å². The number of carbonyl (C=O) groups excluding carboxylic acids is 3. The zero-order valence-corrected chi connectivity index (χ0v) is 24.5. The SMILES string of the molecule is C[C@H]1NC(=O)C2(CCCC2)NCCOc2ccccc2/C=C/CNC(=O)[C@@H](Cc2cccc(CI)c2)NC1=O. The highest BCUT2D eigenvalue weighted by atomic mass is 127. The quantitative estimate of drug-likeness (QED) is 0.303. The van der Waals surface area contributed by atoms with E-state index in [0.29, 0.717) is 39.0 Å². The number of para-hydroxylation sites is 1. The van der Waals surface area contributed by atoms with Crippen molar-refractivity contribution in [3.8, 4) is 5.75 Å². The summed E-state index contributed by atoms with van der Waals surface area (Å²) in [6.45, 7) is 2.85. The molecule has 1 saturated carbocycles. The highest BCUT2D eigenvalue weighted by Crippen LogP contribution is 2.30. The van der Waals surface area contributed by atoms with Crippen LogP contribution in [0.3, 0.4) is 0 Å². The topological polar surface area (TPSA) is 109 Å². The van der Waals surface area contributed by atoms with Gasteiger partial charge in [0.15, 0.2) is 0 Å². The van der Waals surface area contributed by atoms with Crippen molar-refractivity contribution in [1.29, 1.82) is 0 Å². The molecule has 1 aliphatic heterocycles. The third kappa shape index (κ3) is 7.82. The minimum atomic E-state index is -0.797. The van der Waals surface area contributed by atoms with Gasteiger partial charge in [-0.15, -0.1) is 0 Å². The van der Waals surface area contributed by atoms with Crippen molar-refractivity contribution in [2.75, 3.05) is 19.7 Å². The molecule has 1 heterocycles. The van der Waals surface area contributed by atoms with Crippen LogP contribution in [0.15, 0.2) is 54.6 Å². The van der Waals surface area contributed by atoms with E-state index >= 15 is 0 Å². The second kappa shape index (κ2) is 13.9. The summed E-state index contributed by atoms with van der Waals surface area (Å²) in [6.07, 6.45) is 7.40. The molecule has 0 unspecified atom stereocenters. The van der Waals surface area contributed by atoms with Crippen LogP contribution in [0.2, 0.25) is 0 Å². The third-order valence-electron chi connectivity index (χ3n) is 7.28. The Morgan fingerprint density at radius 3 is 2.54 bits per heavy atom. The van der Waals surface area contributed by atoms with Gasteiger partial charge in [0.25, 0.3) is 0 Å². The minimum Gasteiger partial charge on any atom is -0.492 e. The lowest BCUT2D eigenvalue weighted by Crippen LogP contribution is -2.60. The number of ether oxygens (including phenoxy) is 1. The van der Waals surface area contributed by atoms with Gasteiger partial charge in [0.05, 0.1) is 5.54 Å². The molecule has 1 fully saturated rings. The van der Waals surface area contributed by atoms with Crippen LogP contribution in [0.1, 0.15) is 49.3 Å². The van der Waals surface area contributed by atoms with Crippen LogP contribution < -0.4 is 26.0 Å². The third-order valence-corrected chi connectivity index (χ3v) is 8.17. The predicted octanol–water partition coefficient (Wildman–Crippen LogP) is 3.28. The number of fused-ring (bicyclic) bond motifs is 1. The lowest BCUT2D eigenvalue weighted by Gasteiger charge is -2.31. The fourth-order valence-electron chi connectivity index (χ4n) is 5.11. The molecule has 0 radical (unpaired) electrons. The number of nitrogens with one attached hydrogen (secondary N) is 4. The summed E-state index contributed by atoms with van der Waals surface area (Å²) < 4.78 is 6.89. The molecule has 0 bridgehead atoms. The van der Waals surface area contributed by atoms with E-state index in [0.717, 1.165) is 39.7 Å². The number of hydrogen-bond donors (Lipinski definition) is 4. The van der Waals surface area contributed by atoms with Gasteiger partial charge in [-0.25, -0.2) is 0 Å². The summed E-state index contributed by atoms with van der Waals surface area (Å²) in [6, 6.07) is 14.1. The van der Waals surface area contributed by atoms with Crippen molar-refractivity contribution in [1.82, 2.24) is 21.3 Å². The number of alkyl halides is 1. The maximum atomic E-state index is 13.4. The Morgan fingerprint density at radius 1 is 0.974 bits per heavy atom. The maximum Gasteiger partial charge on any atom is 0.243 e. The summed E-state index contributed by atoms with van der Waals surface area (Å²) >= 11 is 2.30. The highest BCUT2D eigenvalue weighted by Gasteiger charge is 2.41. The van der Waals surface area contributed by atoms with Crippen LogP contribution >= 0.6 is 22.6 Å². The standard InChI is InChI=1S/C30H37IN4O4/c1-21-27(36)35-25(19-22-8-6-9-23(18-22)20-31)28(37)32-15-7-11-24-10-2-3-12-26(24)39-17-16-33-30(29(38)34-21)13-4-5-14-30/h2-3,6-12,18,21,25,33H,4-5,13-17,19-20H2,1H3,(H,32,37)(H,34,38)(H,35,36)/b11-7+/t21-,25-/m1/s1. The Labute approximate surface area is 243 Å². The smallest absolute Gasteiger partial charge is 0.243 e. The summed E-state index contributed by atoms with van der Waals surface area (Å²) in [5.41, 5.74) is 2.27. The van der Waals surface area contributed by atoms with Crippen LogP contribution in [-0.4, -0.2) is 55.0 Å². The molecular weight excluding hydrogens is 607 g/mol. The molecule has 4 N–H and O–H groups in total. The van der Waals surface area contributed by atoms with Crippen LogP contribution in [0, 0.1) is 0 Å². The Bertz CT molecular complexity index is 1190. The first-order valence-corrected chi connectivity index (χ1v) is 15.1. The van der Waals surface area contributed by atoms with Gasteiger partial charge in [0.2, 0.25) is 17.7 Å². The zero-order chi connectivity index (χ0) is 27.7. The van der Waals surface area contributed by atoms with Gasteiger partial charge in [-0.2, -0.15) is 0 Å². The van der Waals surface area contributed by atoms with Crippen molar-refractivity contribution in [3.63, 3.8) is 0 Å². The molecule has 8 nitrogen and oxygen atoms in total. The number of carbonyl (C=O) groups is 3. The fraction of sp³-hybridized carbons (Fsp3) is 0.433. The summed E-state index contributed by atoms with van der Waals surface area (Å²) in [4.78, 5) is 39.9. The second-order valence-electron chi connectivity index (χ2n) is 10.2. The highest BCUT2D eigenvalue weighted by molar-refractivity contribution is 14.1. The Morgan fingerprint density at radius 2 is 1.74 bits per heavy atom. The molecule has 2 aromatic carbocycles. The summed E-state index contributed by atoms with van der Waals surface area (Å²) in [5.74, 6) is -0.133. The van der Waals surface area contributed by atoms with Gasteiger partial charge in [0, 0.05) is 29.5 Å². The molecule has 0 saturated heterocycles. The Balaban J connectivity index is 1.58. The average Bonchev–Trinajstić information content (AvgIpc) is 3.43. The van der Waals surface area contributed by atoms with Crippen LogP contribution in [0.5, 0.6) is 5.75 Å². The number of amides is 3. The molecule has 1 spiro atoms. The monoisotopic (exact) mass is 644 g/mol. The molecule has 0 aromatic heterocycles. The molecule has 9 heteroatoms. The van der Waals surface area contributed by atoms with E-state index in [9.17, 15) is 14.4 Å². The predicted molar refractivity (Wildman–Crippen MR) is 161 cm³/mol. The fourth-order valence-corrected chi connectivity index (χ4v) is 5.59. The molecule has 2 aromatic rings. The number of halogens is 1. The first-order valence-electron chi connectivity index (χ1n) is 13.6. The van der Waals surface area contributed by atoms with Gasteiger partial charge in [0.1, 0.15) is 24.4 Å². The lowest BCUT2D eigenvalue weighted by molar-refractivity contribution is -0.134. The lowest BCUT2D eigenvalue weighted by atomic mass is 9.95. The zero-order valence-electron chi connectivity index (χ0n) is 22.3.